The molecule has 1 aromatic rings. The molecule has 5 nitrogen and oxygen atoms in total. The van der Waals surface area contributed by atoms with Gasteiger partial charge in [-0.05, 0) is 12.0 Å². The topological polar surface area (TPSA) is 79.5 Å². The average molecular weight is 235 g/mol. The molecule has 2 heterocycles. The number of nitrogens with zero attached hydrogens (tertiary/aromatic N) is 2. The number of likely N-dealkylation sites (tertiary alicyclic amines) is 1. The lowest BCUT2D eigenvalue weighted by molar-refractivity contribution is 0.0272. The highest BCUT2D eigenvalue weighted by molar-refractivity contribution is 5.97. The Morgan fingerprint density at radius 3 is 2.76 bits per heavy atom. The predicted molar refractivity (Wildman–Crippen MR) is 63.6 cm³/mol. The zero-order valence-electron chi connectivity index (χ0n) is 10.1. The molecule has 1 fully saturated rings. The van der Waals surface area contributed by atoms with Gasteiger partial charge in [0.2, 0.25) is 0 Å². The highest BCUT2D eigenvalue weighted by Crippen LogP contribution is 2.28. The Labute approximate surface area is 100 Å². The fraction of sp³-hybridized carbons (Fsp3) is 0.500. The maximum atomic E-state index is 12.0. The molecule has 92 valence electrons. The Morgan fingerprint density at radius 1 is 1.59 bits per heavy atom. The van der Waals surface area contributed by atoms with E-state index in [9.17, 15) is 9.90 Å². The van der Waals surface area contributed by atoms with Crippen molar-refractivity contribution in [3.63, 3.8) is 0 Å². The summed E-state index contributed by atoms with van der Waals surface area (Å²) in [5.74, 6) is 0.0563. The molecular formula is C12H17N3O2. The van der Waals surface area contributed by atoms with E-state index < -0.39 is 0 Å². The zero-order valence-corrected chi connectivity index (χ0v) is 10.1. The number of hydrogen-bond donors (Lipinski definition) is 2. The normalized spacial score (nSPS) is 18.0. The van der Waals surface area contributed by atoms with Gasteiger partial charge in [0.1, 0.15) is 5.75 Å². The summed E-state index contributed by atoms with van der Waals surface area (Å²) in [4.78, 5) is 17.4. The summed E-state index contributed by atoms with van der Waals surface area (Å²) in [6.45, 7) is 5.16. The lowest BCUT2D eigenvalue weighted by Crippen LogP contribution is -2.71. The minimum absolute atomic E-state index is 0.0865. The standard InChI is InChI=1S/C12H17N3O2/c1-8(2)12(13)6-15(7-12)11(17)9-3-4-14-5-10(9)16/h3-5,8,16H,6-7,13H2,1-2H3. The van der Waals surface area contributed by atoms with Crippen LogP contribution in [0.5, 0.6) is 5.75 Å². The number of carbonyl (C=O) groups excluding carboxylic acids is 1. The second kappa shape index (κ2) is 4.00. The van der Waals surface area contributed by atoms with Crippen molar-refractivity contribution in [3.05, 3.63) is 24.0 Å². The molecule has 1 aliphatic heterocycles. The highest BCUT2D eigenvalue weighted by atomic mass is 16.3. The van der Waals surface area contributed by atoms with E-state index in [0.29, 0.717) is 19.0 Å². The molecule has 17 heavy (non-hydrogen) atoms. The third-order valence-corrected chi connectivity index (χ3v) is 3.44. The van der Waals surface area contributed by atoms with Crippen LogP contribution in [0.15, 0.2) is 18.5 Å². The van der Waals surface area contributed by atoms with Gasteiger partial charge >= 0.3 is 0 Å². The van der Waals surface area contributed by atoms with Crippen LogP contribution in [0, 0.1) is 5.92 Å². The summed E-state index contributed by atoms with van der Waals surface area (Å²) < 4.78 is 0. The van der Waals surface area contributed by atoms with Gasteiger partial charge in [-0.15, -0.1) is 0 Å². The quantitative estimate of drug-likeness (QED) is 0.786. The van der Waals surface area contributed by atoms with Crippen molar-refractivity contribution in [2.75, 3.05) is 13.1 Å². The van der Waals surface area contributed by atoms with E-state index in [1.807, 2.05) is 13.8 Å². The van der Waals surface area contributed by atoms with E-state index in [1.165, 1.54) is 18.5 Å². The predicted octanol–water partition coefficient (Wildman–Crippen LogP) is 0.596. The van der Waals surface area contributed by atoms with E-state index in [1.54, 1.807) is 4.90 Å². The van der Waals surface area contributed by atoms with Gasteiger partial charge in [0.15, 0.2) is 0 Å². The molecule has 1 aliphatic rings. The molecule has 0 atom stereocenters. The van der Waals surface area contributed by atoms with Crippen molar-refractivity contribution in [1.29, 1.82) is 0 Å². The summed E-state index contributed by atoms with van der Waals surface area (Å²) in [5.41, 5.74) is 6.11. The van der Waals surface area contributed by atoms with Crippen molar-refractivity contribution in [1.82, 2.24) is 9.88 Å². The van der Waals surface area contributed by atoms with Gasteiger partial charge < -0.3 is 15.7 Å². The summed E-state index contributed by atoms with van der Waals surface area (Å²) in [5, 5.41) is 9.55. The molecule has 3 N–H and O–H groups in total. The Hall–Kier alpha value is -1.62. The van der Waals surface area contributed by atoms with Crippen LogP contribution in [0.2, 0.25) is 0 Å². The van der Waals surface area contributed by atoms with Crippen LogP contribution in [-0.2, 0) is 0 Å². The molecule has 0 saturated carbocycles. The average Bonchev–Trinajstić information content (AvgIpc) is 2.24. The van der Waals surface area contributed by atoms with E-state index in [-0.39, 0.29) is 22.8 Å². The van der Waals surface area contributed by atoms with Crippen LogP contribution < -0.4 is 5.73 Å². The van der Waals surface area contributed by atoms with E-state index in [0.717, 1.165) is 0 Å². The molecule has 1 aromatic heterocycles. The first-order valence-corrected chi connectivity index (χ1v) is 5.65. The zero-order chi connectivity index (χ0) is 12.6. The summed E-state index contributed by atoms with van der Waals surface area (Å²) in [6, 6.07) is 1.52. The number of aromatic nitrogens is 1. The number of carbonyl (C=O) groups is 1. The second-order valence-electron chi connectivity index (χ2n) is 4.94. The van der Waals surface area contributed by atoms with Crippen LogP contribution in [0.25, 0.3) is 0 Å². The molecule has 0 bridgehead atoms. The van der Waals surface area contributed by atoms with Gasteiger partial charge in [0.25, 0.3) is 5.91 Å². The molecule has 1 saturated heterocycles. The van der Waals surface area contributed by atoms with Gasteiger partial charge in [0.05, 0.1) is 17.3 Å². The molecule has 0 spiro atoms. The Kier molecular flexibility index (Phi) is 2.79. The summed E-state index contributed by atoms with van der Waals surface area (Å²) in [7, 11) is 0. The van der Waals surface area contributed by atoms with Gasteiger partial charge in [-0.3, -0.25) is 9.78 Å². The van der Waals surface area contributed by atoms with Crippen LogP contribution in [0.3, 0.4) is 0 Å². The monoisotopic (exact) mass is 235 g/mol. The fourth-order valence-electron chi connectivity index (χ4n) is 1.91. The molecule has 2 rings (SSSR count). The number of pyridine rings is 1. The van der Waals surface area contributed by atoms with Gasteiger partial charge in [-0.25, -0.2) is 0 Å². The molecule has 0 unspecified atom stereocenters. The summed E-state index contributed by atoms with van der Waals surface area (Å²) in [6.07, 6.45) is 2.76. The highest BCUT2D eigenvalue weighted by Gasteiger charge is 2.44. The van der Waals surface area contributed by atoms with Crippen molar-refractivity contribution >= 4 is 5.91 Å². The maximum Gasteiger partial charge on any atom is 0.257 e. The van der Waals surface area contributed by atoms with Gasteiger partial charge in [0, 0.05) is 19.3 Å². The molecule has 1 amide bonds. The first kappa shape index (κ1) is 11.9. The number of nitrogens with two attached hydrogens (primary N) is 1. The molecule has 0 radical (unpaired) electrons. The minimum atomic E-state index is -0.293. The van der Waals surface area contributed by atoms with Crippen LogP contribution in [0.1, 0.15) is 24.2 Å². The largest absolute Gasteiger partial charge is 0.505 e. The number of rotatable bonds is 2. The molecular weight excluding hydrogens is 218 g/mol. The number of amides is 1. The van der Waals surface area contributed by atoms with E-state index in [2.05, 4.69) is 4.98 Å². The Morgan fingerprint density at radius 2 is 2.24 bits per heavy atom. The van der Waals surface area contributed by atoms with Crippen LogP contribution in [-0.4, -0.2) is 39.5 Å². The lowest BCUT2D eigenvalue weighted by Gasteiger charge is -2.50. The smallest absolute Gasteiger partial charge is 0.257 e. The summed E-state index contributed by atoms with van der Waals surface area (Å²) >= 11 is 0. The third kappa shape index (κ3) is 1.98. The van der Waals surface area contributed by atoms with Crippen LogP contribution in [0.4, 0.5) is 0 Å². The van der Waals surface area contributed by atoms with E-state index in [4.69, 9.17) is 5.73 Å². The van der Waals surface area contributed by atoms with E-state index >= 15 is 0 Å². The molecule has 0 aromatic carbocycles. The SMILES string of the molecule is CC(C)C1(N)CN(C(=O)c2ccncc2O)C1. The van der Waals surface area contributed by atoms with Crippen molar-refractivity contribution < 1.29 is 9.90 Å². The first-order valence-electron chi connectivity index (χ1n) is 5.65. The number of aromatic hydroxyl groups is 1. The van der Waals surface area contributed by atoms with Gasteiger partial charge in [-0.1, -0.05) is 13.8 Å². The maximum absolute atomic E-state index is 12.0. The molecule has 5 heteroatoms. The first-order chi connectivity index (χ1) is 7.94. The third-order valence-electron chi connectivity index (χ3n) is 3.44. The molecule has 0 aliphatic carbocycles. The van der Waals surface area contributed by atoms with Crippen molar-refractivity contribution in [2.24, 2.45) is 11.7 Å². The Balaban J connectivity index is 2.08. The lowest BCUT2D eigenvalue weighted by atomic mass is 9.80. The number of hydrogen-bond acceptors (Lipinski definition) is 4. The Bertz CT molecular complexity index is 439. The van der Waals surface area contributed by atoms with Gasteiger partial charge in [-0.2, -0.15) is 0 Å². The van der Waals surface area contributed by atoms with Crippen LogP contribution >= 0.6 is 0 Å². The second-order valence-corrected chi connectivity index (χ2v) is 4.94. The fourth-order valence-corrected chi connectivity index (χ4v) is 1.91. The van der Waals surface area contributed by atoms with Crippen molar-refractivity contribution in [2.45, 2.75) is 19.4 Å². The minimum Gasteiger partial charge on any atom is -0.505 e. The van der Waals surface area contributed by atoms with Crippen molar-refractivity contribution in [3.8, 4) is 5.75 Å².